The van der Waals surface area contributed by atoms with Crippen LogP contribution in [-0.4, -0.2) is 31.7 Å². The summed E-state index contributed by atoms with van der Waals surface area (Å²) in [5.41, 5.74) is 0.498. The Balaban J connectivity index is 1.93. The van der Waals surface area contributed by atoms with Gasteiger partial charge in [-0.1, -0.05) is 11.6 Å². The first kappa shape index (κ1) is 13.7. The SMILES string of the molecule is CC1OCCC1C(=O)c1cc2c(cc1Cl)OCCCO2. The molecule has 0 bridgehead atoms. The molecular weight excluding hydrogens is 280 g/mol. The fraction of sp³-hybridized carbons (Fsp3) is 0.533. The zero-order valence-corrected chi connectivity index (χ0v) is 12.1. The van der Waals surface area contributed by atoms with Crippen molar-refractivity contribution in [1.29, 1.82) is 0 Å². The molecule has 1 saturated heterocycles. The van der Waals surface area contributed by atoms with Crippen molar-refractivity contribution >= 4 is 17.4 Å². The molecule has 1 aromatic carbocycles. The highest BCUT2D eigenvalue weighted by atomic mass is 35.5. The number of carbonyl (C=O) groups excluding carboxylic acids is 1. The van der Waals surface area contributed by atoms with E-state index >= 15 is 0 Å². The lowest BCUT2D eigenvalue weighted by Gasteiger charge is -2.15. The Morgan fingerprint density at radius 3 is 2.55 bits per heavy atom. The highest BCUT2D eigenvalue weighted by Gasteiger charge is 2.33. The lowest BCUT2D eigenvalue weighted by Crippen LogP contribution is -2.22. The monoisotopic (exact) mass is 296 g/mol. The number of hydrogen-bond acceptors (Lipinski definition) is 4. The Bertz CT molecular complexity index is 529. The average Bonchev–Trinajstić information content (AvgIpc) is 2.72. The van der Waals surface area contributed by atoms with Gasteiger partial charge < -0.3 is 14.2 Å². The van der Waals surface area contributed by atoms with Gasteiger partial charge in [-0.25, -0.2) is 0 Å². The van der Waals surface area contributed by atoms with Crippen LogP contribution in [-0.2, 0) is 4.74 Å². The molecule has 1 aromatic rings. The highest BCUT2D eigenvalue weighted by Crippen LogP contribution is 2.37. The second-order valence-electron chi connectivity index (χ2n) is 5.16. The van der Waals surface area contributed by atoms with E-state index in [1.165, 1.54) is 0 Å². The predicted octanol–water partition coefficient (Wildman–Crippen LogP) is 3.11. The van der Waals surface area contributed by atoms with Crippen LogP contribution in [0.1, 0.15) is 30.1 Å². The van der Waals surface area contributed by atoms with Crippen LogP contribution in [0.3, 0.4) is 0 Å². The number of hydrogen-bond donors (Lipinski definition) is 0. The van der Waals surface area contributed by atoms with E-state index < -0.39 is 0 Å². The Hall–Kier alpha value is -1.26. The van der Waals surface area contributed by atoms with Gasteiger partial charge in [0.05, 0.1) is 30.3 Å². The minimum atomic E-state index is -0.128. The van der Waals surface area contributed by atoms with Gasteiger partial charge in [-0.15, -0.1) is 0 Å². The van der Waals surface area contributed by atoms with Crippen molar-refractivity contribution < 1.29 is 19.0 Å². The lowest BCUT2D eigenvalue weighted by molar-refractivity contribution is 0.0764. The predicted molar refractivity (Wildman–Crippen MR) is 74.9 cm³/mol. The molecular formula is C15H17ClO4. The quantitative estimate of drug-likeness (QED) is 0.787. The molecule has 0 amide bonds. The molecule has 3 rings (SSSR count). The number of halogens is 1. The van der Waals surface area contributed by atoms with Crippen LogP contribution in [0.2, 0.25) is 5.02 Å². The van der Waals surface area contributed by atoms with E-state index in [4.69, 9.17) is 25.8 Å². The van der Waals surface area contributed by atoms with E-state index in [9.17, 15) is 4.79 Å². The number of rotatable bonds is 2. The molecule has 4 nitrogen and oxygen atoms in total. The number of carbonyl (C=O) groups is 1. The van der Waals surface area contributed by atoms with Gasteiger partial charge in [-0.05, 0) is 19.4 Å². The van der Waals surface area contributed by atoms with E-state index in [2.05, 4.69) is 0 Å². The largest absolute Gasteiger partial charge is 0.490 e. The summed E-state index contributed by atoms with van der Waals surface area (Å²) in [5, 5.41) is 0.415. The summed E-state index contributed by atoms with van der Waals surface area (Å²) in [6.07, 6.45) is 1.50. The summed E-state index contributed by atoms with van der Waals surface area (Å²) in [6, 6.07) is 3.38. The molecule has 5 heteroatoms. The smallest absolute Gasteiger partial charge is 0.170 e. The highest BCUT2D eigenvalue weighted by molar-refractivity contribution is 6.34. The maximum Gasteiger partial charge on any atom is 0.170 e. The Morgan fingerprint density at radius 2 is 1.90 bits per heavy atom. The number of fused-ring (bicyclic) bond motifs is 1. The van der Waals surface area contributed by atoms with Crippen molar-refractivity contribution in [3.8, 4) is 11.5 Å². The minimum Gasteiger partial charge on any atom is -0.490 e. The molecule has 0 radical (unpaired) electrons. The van der Waals surface area contributed by atoms with Crippen LogP contribution in [0.5, 0.6) is 11.5 Å². The third-order valence-electron chi connectivity index (χ3n) is 3.82. The molecule has 1 fully saturated rings. The number of benzene rings is 1. The summed E-state index contributed by atoms with van der Waals surface area (Å²) in [5.74, 6) is 1.11. The molecule has 20 heavy (non-hydrogen) atoms. The van der Waals surface area contributed by atoms with Crippen LogP contribution in [0.15, 0.2) is 12.1 Å². The van der Waals surface area contributed by atoms with Gasteiger partial charge in [-0.2, -0.15) is 0 Å². The summed E-state index contributed by atoms with van der Waals surface area (Å²) in [4.78, 5) is 12.6. The van der Waals surface area contributed by atoms with E-state index in [1.54, 1.807) is 12.1 Å². The van der Waals surface area contributed by atoms with Gasteiger partial charge in [-0.3, -0.25) is 4.79 Å². The Labute approximate surface area is 123 Å². The lowest BCUT2D eigenvalue weighted by atomic mass is 9.92. The zero-order chi connectivity index (χ0) is 14.1. The van der Waals surface area contributed by atoms with Gasteiger partial charge >= 0.3 is 0 Å². The Morgan fingerprint density at radius 1 is 1.20 bits per heavy atom. The maximum absolute atomic E-state index is 12.6. The normalized spacial score (nSPS) is 25.3. The molecule has 0 saturated carbocycles. The molecule has 2 atom stereocenters. The van der Waals surface area contributed by atoms with Crippen molar-refractivity contribution in [2.45, 2.75) is 25.9 Å². The Kier molecular flexibility index (Phi) is 3.85. The van der Waals surface area contributed by atoms with Gasteiger partial charge in [0.1, 0.15) is 0 Å². The van der Waals surface area contributed by atoms with Gasteiger partial charge in [0.25, 0.3) is 0 Å². The summed E-state index contributed by atoms with van der Waals surface area (Å²) in [6.45, 7) is 3.74. The summed E-state index contributed by atoms with van der Waals surface area (Å²) < 4.78 is 16.6. The van der Waals surface area contributed by atoms with Crippen molar-refractivity contribution in [3.63, 3.8) is 0 Å². The molecule has 0 aliphatic carbocycles. The van der Waals surface area contributed by atoms with Crippen LogP contribution < -0.4 is 9.47 Å². The van der Waals surface area contributed by atoms with E-state index in [-0.39, 0.29) is 17.8 Å². The van der Waals surface area contributed by atoms with E-state index in [0.717, 1.165) is 12.8 Å². The van der Waals surface area contributed by atoms with Gasteiger partial charge in [0, 0.05) is 24.7 Å². The molecule has 2 aliphatic heterocycles. The molecule has 0 aromatic heterocycles. The van der Waals surface area contributed by atoms with Gasteiger partial charge in [0.2, 0.25) is 0 Å². The maximum atomic E-state index is 12.6. The third kappa shape index (κ3) is 2.50. The first-order valence-corrected chi connectivity index (χ1v) is 7.29. The number of ether oxygens (including phenoxy) is 3. The molecule has 2 unspecified atom stereocenters. The van der Waals surface area contributed by atoms with E-state index in [0.29, 0.717) is 41.9 Å². The standard InChI is InChI=1S/C15H17ClO4/c1-9-10(3-6-18-9)15(17)11-7-13-14(8-12(11)16)20-5-2-4-19-13/h7-10H,2-6H2,1H3. The minimum absolute atomic E-state index is 0.0237. The second-order valence-corrected chi connectivity index (χ2v) is 5.57. The van der Waals surface area contributed by atoms with Crippen LogP contribution in [0, 0.1) is 5.92 Å². The molecule has 2 aliphatic rings. The molecule has 0 spiro atoms. The van der Waals surface area contributed by atoms with Crippen LogP contribution in [0.4, 0.5) is 0 Å². The second kappa shape index (κ2) is 5.62. The fourth-order valence-corrected chi connectivity index (χ4v) is 2.90. The van der Waals surface area contributed by atoms with Crippen molar-refractivity contribution in [1.82, 2.24) is 0 Å². The van der Waals surface area contributed by atoms with Crippen molar-refractivity contribution in [2.75, 3.05) is 19.8 Å². The van der Waals surface area contributed by atoms with Gasteiger partial charge in [0.15, 0.2) is 17.3 Å². The first-order valence-electron chi connectivity index (χ1n) is 6.92. The molecule has 0 N–H and O–H groups in total. The molecule has 108 valence electrons. The molecule has 2 heterocycles. The topological polar surface area (TPSA) is 44.8 Å². The third-order valence-corrected chi connectivity index (χ3v) is 4.13. The average molecular weight is 297 g/mol. The zero-order valence-electron chi connectivity index (χ0n) is 11.4. The van der Waals surface area contributed by atoms with Crippen molar-refractivity contribution in [2.24, 2.45) is 5.92 Å². The first-order chi connectivity index (χ1) is 9.66. The van der Waals surface area contributed by atoms with Crippen molar-refractivity contribution in [3.05, 3.63) is 22.7 Å². The summed E-state index contributed by atoms with van der Waals surface area (Å²) >= 11 is 6.24. The fourth-order valence-electron chi connectivity index (χ4n) is 2.65. The number of ketones is 1. The number of Topliss-reactive ketones (excluding diaryl/α,β-unsaturated/α-hetero) is 1. The summed E-state index contributed by atoms with van der Waals surface area (Å²) in [7, 11) is 0. The van der Waals surface area contributed by atoms with E-state index in [1.807, 2.05) is 6.92 Å². The van der Waals surface area contributed by atoms with Crippen LogP contribution in [0.25, 0.3) is 0 Å². The van der Waals surface area contributed by atoms with Crippen LogP contribution >= 0.6 is 11.6 Å².